The van der Waals surface area contributed by atoms with Crippen molar-refractivity contribution in [3.63, 3.8) is 0 Å². The Morgan fingerprint density at radius 3 is 2.79 bits per heavy atom. The molecule has 2 aliphatic heterocycles. The maximum absolute atomic E-state index is 5.62. The lowest BCUT2D eigenvalue weighted by Crippen LogP contribution is -2.50. The highest BCUT2D eigenvalue weighted by molar-refractivity contribution is 4.86. The molecule has 3 atom stereocenters. The van der Waals surface area contributed by atoms with Gasteiger partial charge in [0.2, 0.25) is 0 Å². The monoisotopic (exact) mass is 198 g/mol. The van der Waals surface area contributed by atoms with E-state index in [0.29, 0.717) is 12.1 Å². The molecule has 0 spiro atoms. The molecule has 0 saturated carbocycles. The van der Waals surface area contributed by atoms with Gasteiger partial charge in [-0.2, -0.15) is 0 Å². The maximum Gasteiger partial charge on any atom is 0.0703 e. The first kappa shape index (κ1) is 10.4. The van der Waals surface area contributed by atoms with Crippen LogP contribution in [-0.4, -0.2) is 49.8 Å². The summed E-state index contributed by atoms with van der Waals surface area (Å²) < 4.78 is 5.62. The Hall–Kier alpha value is -0.120. The van der Waals surface area contributed by atoms with Gasteiger partial charge < -0.3 is 10.1 Å². The Morgan fingerprint density at radius 2 is 2.21 bits per heavy atom. The highest BCUT2D eigenvalue weighted by Crippen LogP contribution is 2.22. The fourth-order valence-corrected chi connectivity index (χ4v) is 2.71. The van der Waals surface area contributed by atoms with Crippen LogP contribution in [0, 0.1) is 0 Å². The summed E-state index contributed by atoms with van der Waals surface area (Å²) in [5.41, 5.74) is 0. The number of hydrogen-bond acceptors (Lipinski definition) is 3. The van der Waals surface area contributed by atoms with Gasteiger partial charge in [0.1, 0.15) is 0 Å². The number of rotatable bonds is 2. The minimum Gasteiger partial charge on any atom is -0.377 e. The summed E-state index contributed by atoms with van der Waals surface area (Å²) in [6.07, 6.45) is 4.28. The summed E-state index contributed by atoms with van der Waals surface area (Å²) in [5.74, 6) is 0. The van der Waals surface area contributed by atoms with Gasteiger partial charge in [-0.3, -0.25) is 4.90 Å². The van der Waals surface area contributed by atoms with Crippen molar-refractivity contribution in [3.05, 3.63) is 0 Å². The first-order valence-electron chi connectivity index (χ1n) is 5.83. The first-order valence-corrected chi connectivity index (χ1v) is 5.83. The molecule has 0 aromatic heterocycles. The normalized spacial score (nSPS) is 39.2. The number of likely N-dealkylation sites (N-methyl/N-ethyl adjacent to an activating group) is 1. The molecule has 3 heteroatoms. The fraction of sp³-hybridized carbons (Fsp3) is 1.00. The Balaban J connectivity index is 1.89. The van der Waals surface area contributed by atoms with Gasteiger partial charge in [0.15, 0.2) is 0 Å². The molecule has 2 saturated heterocycles. The summed E-state index contributed by atoms with van der Waals surface area (Å²) in [6, 6.07) is 1.36. The molecule has 0 bridgehead atoms. The van der Waals surface area contributed by atoms with Crippen LogP contribution in [0.25, 0.3) is 0 Å². The van der Waals surface area contributed by atoms with Crippen LogP contribution in [0.2, 0.25) is 0 Å². The first-order chi connectivity index (χ1) is 6.79. The van der Waals surface area contributed by atoms with E-state index >= 15 is 0 Å². The van der Waals surface area contributed by atoms with Gasteiger partial charge in [-0.05, 0) is 39.8 Å². The number of nitrogens with one attached hydrogen (secondary N) is 1. The molecule has 2 aliphatic rings. The molecule has 2 heterocycles. The molecule has 2 rings (SSSR count). The Kier molecular flexibility index (Phi) is 3.42. The third-order valence-corrected chi connectivity index (χ3v) is 3.71. The molecule has 0 radical (unpaired) electrons. The van der Waals surface area contributed by atoms with Crippen molar-refractivity contribution in [1.82, 2.24) is 10.2 Å². The molecule has 1 N–H and O–H groups in total. The molecule has 0 amide bonds. The number of piperidine rings is 1. The van der Waals surface area contributed by atoms with E-state index in [9.17, 15) is 0 Å². The van der Waals surface area contributed by atoms with E-state index in [1.165, 1.54) is 25.8 Å². The van der Waals surface area contributed by atoms with E-state index in [4.69, 9.17) is 4.74 Å². The third-order valence-electron chi connectivity index (χ3n) is 3.71. The van der Waals surface area contributed by atoms with Crippen LogP contribution in [0.5, 0.6) is 0 Å². The highest BCUT2D eigenvalue weighted by atomic mass is 16.5. The molecular formula is C11H22N2O. The van der Waals surface area contributed by atoms with Crippen molar-refractivity contribution in [2.45, 2.75) is 44.4 Å². The second-order valence-corrected chi connectivity index (χ2v) is 4.60. The van der Waals surface area contributed by atoms with Gasteiger partial charge in [-0.15, -0.1) is 0 Å². The largest absolute Gasteiger partial charge is 0.377 e. The minimum atomic E-state index is 0.418. The smallest absolute Gasteiger partial charge is 0.0703 e. The zero-order valence-corrected chi connectivity index (χ0v) is 9.33. The lowest BCUT2D eigenvalue weighted by atomic mass is 10.0. The van der Waals surface area contributed by atoms with Crippen LogP contribution in [0.3, 0.4) is 0 Å². The average molecular weight is 198 g/mol. The fourth-order valence-electron chi connectivity index (χ4n) is 2.71. The average Bonchev–Trinajstić information content (AvgIpc) is 2.65. The van der Waals surface area contributed by atoms with Crippen LogP contribution in [0.15, 0.2) is 0 Å². The van der Waals surface area contributed by atoms with E-state index in [0.717, 1.165) is 19.2 Å². The Bertz CT molecular complexity index is 180. The molecule has 0 aliphatic carbocycles. The van der Waals surface area contributed by atoms with Crippen molar-refractivity contribution < 1.29 is 4.74 Å². The lowest BCUT2D eigenvalue weighted by Gasteiger charge is -2.36. The molecule has 2 fully saturated rings. The summed E-state index contributed by atoms with van der Waals surface area (Å²) in [7, 11) is 2.26. The lowest BCUT2D eigenvalue weighted by molar-refractivity contribution is 0.0616. The van der Waals surface area contributed by atoms with Gasteiger partial charge in [-0.1, -0.05) is 0 Å². The van der Waals surface area contributed by atoms with E-state index in [-0.39, 0.29) is 0 Å². The van der Waals surface area contributed by atoms with Gasteiger partial charge in [-0.25, -0.2) is 0 Å². The molecule has 82 valence electrons. The molecule has 3 nitrogen and oxygen atoms in total. The molecule has 0 aromatic carbocycles. The van der Waals surface area contributed by atoms with Crippen molar-refractivity contribution in [3.8, 4) is 0 Å². The van der Waals surface area contributed by atoms with E-state index < -0.39 is 0 Å². The third kappa shape index (κ3) is 2.10. The van der Waals surface area contributed by atoms with Gasteiger partial charge in [0, 0.05) is 25.2 Å². The van der Waals surface area contributed by atoms with Crippen molar-refractivity contribution in [1.29, 1.82) is 0 Å². The second kappa shape index (κ2) is 4.60. The number of ether oxygens (including phenoxy) is 1. The predicted molar refractivity (Wildman–Crippen MR) is 57.5 cm³/mol. The van der Waals surface area contributed by atoms with E-state index in [1.807, 2.05) is 0 Å². The van der Waals surface area contributed by atoms with Crippen molar-refractivity contribution in [2.24, 2.45) is 0 Å². The number of nitrogens with zero attached hydrogens (tertiary/aromatic N) is 1. The topological polar surface area (TPSA) is 24.5 Å². The summed E-state index contributed by atoms with van der Waals surface area (Å²) >= 11 is 0. The Labute approximate surface area is 86.8 Å². The Morgan fingerprint density at radius 1 is 1.36 bits per heavy atom. The van der Waals surface area contributed by atoms with Crippen LogP contribution in [0.1, 0.15) is 26.2 Å². The van der Waals surface area contributed by atoms with Crippen LogP contribution in [0.4, 0.5) is 0 Å². The minimum absolute atomic E-state index is 0.418. The summed E-state index contributed by atoms with van der Waals surface area (Å²) in [5, 5.41) is 3.47. The van der Waals surface area contributed by atoms with Gasteiger partial charge in [0.25, 0.3) is 0 Å². The highest BCUT2D eigenvalue weighted by Gasteiger charge is 2.31. The number of hydrogen-bond donors (Lipinski definition) is 1. The zero-order valence-electron chi connectivity index (χ0n) is 9.33. The van der Waals surface area contributed by atoms with Crippen LogP contribution >= 0.6 is 0 Å². The van der Waals surface area contributed by atoms with E-state index in [2.05, 4.69) is 24.2 Å². The maximum atomic E-state index is 5.62. The second-order valence-electron chi connectivity index (χ2n) is 4.60. The van der Waals surface area contributed by atoms with Crippen molar-refractivity contribution in [2.75, 3.05) is 26.7 Å². The van der Waals surface area contributed by atoms with E-state index in [1.54, 1.807) is 0 Å². The molecule has 3 unspecified atom stereocenters. The standard InChI is InChI=1S/C11H22N2O/c1-9-11(5-7-14-9)13(2)10-4-3-6-12-8-10/h9-12H,3-8H2,1-2H3. The summed E-state index contributed by atoms with van der Waals surface area (Å²) in [6.45, 7) is 5.49. The quantitative estimate of drug-likeness (QED) is 0.712. The van der Waals surface area contributed by atoms with Crippen LogP contribution < -0.4 is 5.32 Å². The molecular weight excluding hydrogens is 176 g/mol. The van der Waals surface area contributed by atoms with Gasteiger partial charge >= 0.3 is 0 Å². The SMILES string of the molecule is CC1OCCC1N(C)C1CCCNC1. The molecule has 0 aromatic rings. The zero-order chi connectivity index (χ0) is 9.97. The molecule has 14 heavy (non-hydrogen) atoms. The predicted octanol–water partition coefficient (Wildman–Crippen LogP) is 0.848. The van der Waals surface area contributed by atoms with Gasteiger partial charge in [0.05, 0.1) is 6.10 Å². The van der Waals surface area contributed by atoms with Crippen molar-refractivity contribution >= 4 is 0 Å². The van der Waals surface area contributed by atoms with Crippen LogP contribution in [-0.2, 0) is 4.74 Å². The summed E-state index contributed by atoms with van der Waals surface area (Å²) in [4.78, 5) is 2.53.